The molecule has 0 atom stereocenters. The SMILES string of the molecule is COc1ccccc1CNC(=O)c1cc(Br)c(Cl)cc1OCCCc1nn[nH]n1. The molecule has 1 heterocycles. The maximum Gasteiger partial charge on any atom is 0.255 e. The number of para-hydroxylation sites is 1. The zero-order valence-corrected chi connectivity index (χ0v) is 18.0. The number of rotatable bonds is 9. The Balaban J connectivity index is 1.66. The van der Waals surface area contributed by atoms with E-state index in [-0.39, 0.29) is 5.91 Å². The number of tetrazole rings is 1. The Morgan fingerprint density at radius 1 is 1.28 bits per heavy atom. The van der Waals surface area contributed by atoms with Crippen molar-refractivity contribution < 1.29 is 14.3 Å². The molecule has 0 aliphatic heterocycles. The van der Waals surface area contributed by atoms with E-state index in [9.17, 15) is 4.79 Å². The molecule has 0 unspecified atom stereocenters. The van der Waals surface area contributed by atoms with Crippen LogP contribution in [0, 0.1) is 0 Å². The molecule has 0 aliphatic rings. The van der Waals surface area contributed by atoms with E-state index in [0.29, 0.717) is 58.4 Å². The van der Waals surface area contributed by atoms with Gasteiger partial charge in [0.05, 0.1) is 24.3 Å². The molecule has 152 valence electrons. The van der Waals surface area contributed by atoms with Gasteiger partial charge < -0.3 is 14.8 Å². The smallest absolute Gasteiger partial charge is 0.255 e. The molecule has 0 spiro atoms. The van der Waals surface area contributed by atoms with Gasteiger partial charge in [-0.1, -0.05) is 35.0 Å². The summed E-state index contributed by atoms with van der Waals surface area (Å²) in [5.41, 5.74) is 1.26. The predicted octanol–water partition coefficient (Wildman–Crippen LogP) is 3.57. The van der Waals surface area contributed by atoms with E-state index < -0.39 is 0 Å². The molecule has 0 radical (unpaired) electrons. The summed E-state index contributed by atoms with van der Waals surface area (Å²) in [4.78, 5) is 12.8. The topological polar surface area (TPSA) is 102 Å². The van der Waals surface area contributed by atoms with Crippen LogP contribution in [0.2, 0.25) is 5.02 Å². The third kappa shape index (κ3) is 5.68. The Morgan fingerprint density at radius 2 is 2.10 bits per heavy atom. The fraction of sp³-hybridized carbons (Fsp3) is 0.263. The number of hydrogen-bond acceptors (Lipinski definition) is 6. The third-order valence-corrected chi connectivity index (χ3v) is 5.29. The Kier molecular flexibility index (Phi) is 7.42. The Hall–Kier alpha value is -2.65. The molecule has 2 N–H and O–H groups in total. The van der Waals surface area contributed by atoms with Crippen LogP contribution < -0.4 is 14.8 Å². The van der Waals surface area contributed by atoms with E-state index in [1.165, 1.54) is 0 Å². The number of nitrogens with zero attached hydrogens (tertiary/aromatic N) is 3. The van der Waals surface area contributed by atoms with Crippen molar-refractivity contribution in [2.24, 2.45) is 0 Å². The Labute approximate surface area is 181 Å². The number of carbonyl (C=O) groups is 1. The number of methoxy groups -OCH3 is 1. The fourth-order valence-electron chi connectivity index (χ4n) is 2.65. The van der Waals surface area contributed by atoms with Gasteiger partial charge in [0.25, 0.3) is 5.91 Å². The highest BCUT2D eigenvalue weighted by atomic mass is 79.9. The second-order valence-corrected chi connectivity index (χ2v) is 7.30. The first-order valence-corrected chi connectivity index (χ1v) is 10.00. The number of halogens is 2. The van der Waals surface area contributed by atoms with Crippen molar-refractivity contribution in [1.29, 1.82) is 0 Å². The van der Waals surface area contributed by atoms with Gasteiger partial charge in [-0.15, -0.1) is 10.2 Å². The summed E-state index contributed by atoms with van der Waals surface area (Å²) in [6.07, 6.45) is 1.27. The summed E-state index contributed by atoms with van der Waals surface area (Å²) in [6, 6.07) is 10.8. The molecular formula is C19H19BrClN5O3. The monoisotopic (exact) mass is 479 g/mol. The molecule has 0 fully saturated rings. The van der Waals surface area contributed by atoms with Crippen LogP contribution in [0.25, 0.3) is 0 Å². The number of carbonyl (C=O) groups excluding carboxylic acids is 1. The molecule has 3 aromatic rings. The zero-order chi connectivity index (χ0) is 20.6. The highest BCUT2D eigenvalue weighted by Gasteiger charge is 2.16. The number of aryl methyl sites for hydroxylation is 1. The number of H-pyrrole nitrogens is 1. The number of amides is 1. The van der Waals surface area contributed by atoms with Gasteiger partial charge in [0.2, 0.25) is 0 Å². The van der Waals surface area contributed by atoms with Crippen molar-refractivity contribution >= 4 is 33.4 Å². The van der Waals surface area contributed by atoms with Crippen LogP contribution in [0.1, 0.15) is 28.2 Å². The molecule has 2 aromatic carbocycles. The first-order chi connectivity index (χ1) is 14.1. The number of aromatic amines is 1. The summed E-state index contributed by atoms with van der Waals surface area (Å²) in [5, 5.41) is 17.1. The lowest BCUT2D eigenvalue weighted by Crippen LogP contribution is -2.24. The lowest BCUT2D eigenvalue weighted by molar-refractivity contribution is 0.0946. The van der Waals surface area contributed by atoms with Gasteiger partial charge in [0, 0.05) is 29.1 Å². The van der Waals surface area contributed by atoms with Crippen LogP contribution in [-0.4, -0.2) is 40.2 Å². The molecule has 8 nitrogen and oxygen atoms in total. The lowest BCUT2D eigenvalue weighted by Gasteiger charge is -2.14. The van der Waals surface area contributed by atoms with E-state index >= 15 is 0 Å². The summed E-state index contributed by atoms with van der Waals surface area (Å²) in [7, 11) is 1.59. The van der Waals surface area contributed by atoms with Crippen LogP contribution >= 0.6 is 27.5 Å². The summed E-state index contributed by atoms with van der Waals surface area (Å²) in [5.74, 6) is 1.45. The minimum absolute atomic E-state index is 0.276. The largest absolute Gasteiger partial charge is 0.496 e. The van der Waals surface area contributed by atoms with Crippen LogP contribution in [0.3, 0.4) is 0 Å². The van der Waals surface area contributed by atoms with Crippen molar-refractivity contribution in [3.8, 4) is 11.5 Å². The molecule has 3 rings (SSSR count). The normalized spacial score (nSPS) is 10.6. The van der Waals surface area contributed by atoms with E-state index in [2.05, 4.69) is 41.9 Å². The molecular weight excluding hydrogens is 462 g/mol. The van der Waals surface area contributed by atoms with E-state index in [4.69, 9.17) is 21.1 Å². The Bertz CT molecular complexity index is 968. The van der Waals surface area contributed by atoms with E-state index in [1.807, 2.05) is 24.3 Å². The standard InChI is InChI=1S/C19H19BrClN5O3/c1-28-16-6-3-2-5-12(16)11-22-19(27)13-9-14(20)15(21)10-17(13)29-8-4-7-18-23-25-26-24-18/h2-3,5-6,9-10H,4,7-8,11H2,1H3,(H,22,27)(H,23,24,25,26). The first kappa shape index (κ1) is 21.1. The molecule has 0 bridgehead atoms. The summed E-state index contributed by atoms with van der Waals surface area (Å²) in [6.45, 7) is 0.694. The van der Waals surface area contributed by atoms with Gasteiger partial charge >= 0.3 is 0 Å². The highest BCUT2D eigenvalue weighted by Crippen LogP contribution is 2.31. The number of ether oxygens (including phenoxy) is 2. The average molecular weight is 481 g/mol. The molecule has 29 heavy (non-hydrogen) atoms. The predicted molar refractivity (Wildman–Crippen MR) is 111 cm³/mol. The number of nitrogens with one attached hydrogen (secondary N) is 2. The number of aromatic nitrogens is 4. The molecule has 0 aliphatic carbocycles. The maximum absolute atomic E-state index is 12.8. The zero-order valence-electron chi connectivity index (χ0n) is 15.6. The van der Waals surface area contributed by atoms with Gasteiger partial charge in [0.1, 0.15) is 11.5 Å². The minimum Gasteiger partial charge on any atom is -0.496 e. The highest BCUT2D eigenvalue weighted by molar-refractivity contribution is 9.10. The van der Waals surface area contributed by atoms with E-state index in [1.54, 1.807) is 19.2 Å². The van der Waals surface area contributed by atoms with Crippen molar-refractivity contribution in [1.82, 2.24) is 25.9 Å². The molecule has 0 saturated heterocycles. The third-order valence-electron chi connectivity index (χ3n) is 4.09. The van der Waals surface area contributed by atoms with Crippen molar-refractivity contribution in [3.63, 3.8) is 0 Å². The second kappa shape index (κ2) is 10.2. The molecule has 0 saturated carbocycles. The van der Waals surface area contributed by atoms with Gasteiger partial charge in [-0.25, -0.2) is 0 Å². The Morgan fingerprint density at radius 3 is 2.86 bits per heavy atom. The molecule has 1 aromatic heterocycles. The quantitative estimate of drug-likeness (QED) is 0.454. The van der Waals surface area contributed by atoms with Gasteiger partial charge in [0.15, 0.2) is 5.82 Å². The van der Waals surface area contributed by atoms with E-state index in [0.717, 1.165) is 5.56 Å². The first-order valence-electron chi connectivity index (χ1n) is 8.82. The van der Waals surface area contributed by atoms with Crippen LogP contribution in [0.5, 0.6) is 11.5 Å². The lowest BCUT2D eigenvalue weighted by atomic mass is 10.1. The molecule has 1 amide bonds. The number of benzene rings is 2. The van der Waals surface area contributed by atoms with Gasteiger partial charge in [-0.05, 0) is 34.5 Å². The fourth-order valence-corrected chi connectivity index (χ4v) is 3.14. The number of hydrogen-bond donors (Lipinski definition) is 2. The summed E-state index contributed by atoms with van der Waals surface area (Å²) >= 11 is 9.55. The van der Waals surface area contributed by atoms with Crippen LogP contribution in [0.4, 0.5) is 0 Å². The van der Waals surface area contributed by atoms with Gasteiger partial charge in [-0.2, -0.15) is 5.21 Å². The second-order valence-electron chi connectivity index (χ2n) is 6.04. The maximum atomic E-state index is 12.8. The summed E-state index contributed by atoms with van der Waals surface area (Å²) < 4.78 is 11.7. The van der Waals surface area contributed by atoms with Crippen molar-refractivity contribution in [2.75, 3.05) is 13.7 Å². The molecule has 10 heteroatoms. The minimum atomic E-state index is -0.276. The van der Waals surface area contributed by atoms with Crippen LogP contribution in [-0.2, 0) is 13.0 Å². The van der Waals surface area contributed by atoms with Crippen LogP contribution in [0.15, 0.2) is 40.9 Å². The van der Waals surface area contributed by atoms with Gasteiger partial charge in [-0.3, -0.25) is 4.79 Å². The van der Waals surface area contributed by atoms with Crippen molar-refractivity contribution in [3.05, 3.63) is 62.8 Å². The van der Waals surface area contributed by atoms with Crippen molar-refractivity contribution in [2.45, 2.75) is 19.4 Å². The average Bonchev–Trinajstić information content (AvgIpc) is 3.25.